The van der Waals surface area contributed by atoms with Crippen molar-refractivity contribution >= 4 is 29.2 Å². The van der Waals surface area contributed by atoms with Crippen LogP contribution in [-0.2, 0) is 0 Å². The number of nitrogens with zero attached hydrogens (tertiary/aromatic N) is 3. The normalized spacial score (nSPS) is 14.7. The number of pyridine rings is 1. The first-order chi connectivity index (χ1) is 12.1. The number of hydrogen-bond acceptors (Lipinski definition) is 5. The van der Waals surface area contributed by atoms with Crippen LogP contribution >= 0.6 is 23.4 Å². The Bertz CT molecular complexity index is 859. The number of nitrogen functional groups attached to an aromatic ring is 1. The molecule has 1 aromatic heterocycles. The molecule has 0 saturated heterocycles. The van der Waals surface area contributed by atoms with Gasteiger partial charge in [-0.1, -0.05) is 43.0 Å². The number of halogens is 1. The molecule has 126 valence electrons. The van der Waals surface area contributed by atoms with Crippen molar-refractivity contribution in [3.63, 3.8) is 0 Å². The van der Waals surface area contributed by atoms with Crippen molar-refractivity contribution in [1.82, 2.24) is 4.98 Å². The summed E-state index contributed by atoms with van der Waals surface area (Å²) >= 11 is 7.58. The van der Waals surface area contributed by atoms with E-state index in [2.05, 4.69) is 17.1 Å². The van der Waals surface area contributed by atoms with Gasteiger partial charge in [-0.2, -0.15) is 10.5 Å². The topological polar surface area (TPSA) is 86.5 Å². The molecule has 2 aromatic rings. The van der Waals surface area contributed by atoms with Gasteiger partial charge in [0.2, 0.25) is 0 Å². The summed E-state index contributed by atoms with van der Waals surface area (Å²) in [6.45, 7) is 0. The molecule has 0 spiro atoms. The highest BCUT2D eigenvalue weighted by Crippen LogP contribution is 2.40. The Morgan fingerprint density at radius 1 is 1.04 bits per heavy atom. The Hall–Kier alpha value is -2.21. The molecule has 1 heterocycles. The van der Waals surface area contributed by atoms with Gasteiger partial charge in [0.05, 0.1) is 5.56 Å². The minimum Gasteiger partial charge on any atom is -0.383 e. The summed E-state index contributed by atoms with van der Waals surface area (Å²) in [5.41, 5.74) is 8.00. The molecule has 6 heteroatoms. The largest absolute Gasteiger partial charge is 0.383 e. The van der Waals surface area contributed by atoms with Gasteiger partial charge in [-0.15, -0.1) is 11.8 Å². The number of aromatic nitrogens is 1. The maximum absolute atomic E-state index is 9.78. The Labute approximate surface area is 156 Å². The molecule has 0 unspecified atom stereocenters. The monoisotopic (exact) mass is 368 g/mol. The van der Waals surface area contributed by atoms with Crippen LogP contribution in [0.15, 0.2) is 29.3 Å². The fourth-order valence-electron chi connectivity index (χ4n) is 3.13. The molecule has 0 bridgehead atoms. The van der Waals surface area contributed by atoms with Crippen molar-refractivity contribution in [3.05, 3.63) is 40.4 Å². The zero-order chi connectivity index (χ0) is 17.8. The van der Waals surface area contributed by atoms with Gasteiger partial charge in [0.25, 0.3) is 0 Å². The van der Waals surface area contributed by atoms with E-state index in [9.17, 15) is 10.5 Å². The van der Waals surface area contributed by atoms with Crippen molar-refractivity contribution in [2.24, 2.45) is 0 Å². The van der Waals surface area contributed by atoms with E-state index in [1.165, 1.54) is 19.3 Å². The van der Waals surface area contributed by atoms with E-state index >= 15 is 0 Å². The Balaban J connectivity index is 2.13. The number of nitriles is 2. The van der Waals surface area contributed by atoms with Crippen LogP contribution in [0.2, 0.25) is 5.02 Å². The van der Waals surface area contributed by atoms with Gasteiger partial charge >= 0.3 is 0 Å². The predicted molar refractivity (Wildman–Crippen MR) is 101 cm³/mol. The van der Waals surface area contributed by atoms with Gasteiger partial charge in [-0.3, -0.25) is 0 Å². The average molecular weight is 369 g/mol. The lowest BCUT2D eigenvalue weighted by Crippen LogP contribution is -2.10. The summed E-state index contributed by atoms with van der Waals surface area (Å²) < 4.78 is 0. The Kier molecular flexibility index (Phi) is 5.48. The van der Waals surface area contributed by atoms with Gasteiger partial charge in [0.15, 0.2) is 0 Å². The third-order valence-corrected chi connectivity index (χ3v) is 5.95. The van der Waals surface area contributed by atoms with Crippen molar-refractivity contribution in [2.45, 2.75) is 42.4 Å². The van der Waals surface area contributed by atoms with Crippen LogP contribution in [0.4, 0.5) is 5.82 Å². The molecule has 2 N–H and O–H groups in total. The second-order valence-electron chi connectivity index (χ2n) is 6.04. The third kappa shape index (κ3) is 3.74. The Morgan fingerprint density at radius 3 is 2.28 bits per heavy atom. The number of benzene rings is 1. The highest BCUT2D eigenvalue weighted by atomic mass is 35.5. The third-order valence-electron chi connectivity index (χ3n) is 4.38. The van der Waals surface area contributed by atoms with Gasteiger partial charge in [0, 0.05) is 15.8 Å². The quantitative estimate of drug-likeness (QED) is 0.809. The van der Waals surface area contributed by atoms with Crippen LogP contribution in [-0.4, -0.2) is 10.2 Å². The molecular weight excluding hydrogens is 352 g/mol. The van der Waals surface area contributed by atoms with E-state index in [0.29, 0.717) is 26.4 Å². The number of nitrogens with two attached hydrogens (primary N) is 1. The number of hydrogen-bond donors (Lipinski definition) is 1. The summed E-state index contributed by atoms with van der Waals surface area (Å²) in [6.07, 6.45) is 5.91. The fraction of sp³-hybridized carbons (Fsp3) is 0.316. The lowest BCUT2D eigenvalue weighted by Gasteiger charge is -2.22. The zero-order valence-electron chi connectivity index (χ0n) is 13.6. The van der Waals surface area contributed by atoms with Crippen LogP contribution in [0.5, 0.6) is 0 Å². The summed E-state index contributed by atoms with van der Waals surface area (Å²) in [7, 11) is 0. The van der Waals surface area contributed by atoms with E-state index in [4.69, 9.17) is 17.3 Å². The summed E-state index contributed by atoms with van der Waals surface area (Å²) in [4.78, 5) is 4.38. The maximum Gasteiger partial charge on any atom is 0.143 e. The molecule has 3 rings (SSSR count). The molecule has 0 radical (unpaired) electrons. The van der Waals surface area contributed by atoms with Crippen LogP contribution in [0.25, 0.3) is 11.1 Å². The highest BCUT2D eigenvalue weighted by molar-refractivity contribution is 7.99. The van der Waals surface area contributed by atoms with Crippen LogP contribution in [0.3, 0.4) is 0 Å². The number of thioether (sulfide) groups is 1. The molecule has 1 saturated carbocycles. The van der Waals surface area contributed by atoms with Crippen molar-refractivity contribution in [1.29, 1.82) is 10.5 Å². The molecule has 1 aromatic carbocycles. The molecule has 0 amide bonds. The molecule has 4 nitrogen and oxygen atoms in total. The molecule has 25 heavy (non-hydrogen) atoms. The first-order valence-electron chi connectivity index (χ1n) is 8.20. The molecule has 1 aliphatic rings. The van der Waals surface area contributed by atoms with E-state index in [1.807, 2.05) is 0 Å². The lowest BCUT2D eigenvalue weighted by atomic mass is 9.97. The predicted octanol–water partition coefficient (Wildman–Crippen LogP) is 5.15. The summed E-state index contributed by atoms with van der Waals surface area (Å²) in [5.74, 6) is 0.171. The van der Waals surface area contributed by atoms with Gasteiger partial charge in [-0.05, 0) is 30.5 Å². The smallest absolute Gasteiger partial charge is 0.143 e. The summed E-state index contributed by atoms with van der Waals surface area (Å²) in [5, 5.41) is 21.0. The fourth-order valence-corrected chi connectivity index (χ4v) is 4.56. The Morgan fingerprint density at radius 2 is 1.68 bits per heavy atom. The van der Waals surface area contributed by atoms with E-state index in [0.717, 1.165) is 18.4 Å². The lowest BCUT2D eigenvalue weighted by molar-refractivity contribution is 0.515. The SMILES string of the molecule is N#Cc1c(N)nc(SC2CCCCC2)c(C#N)c1-c1ccc(Cl)cc1. The maximum atomic E-state index is 9.78. The number of rotatable bonds is 3. The molecule has 0 aliphatic heterocycles. The zero-order valence-corrected chi connectivity index (χ0v) is 15.2. The van der Waals surface area contributed by atoms with E-state index in [1.54, 1.807) is 36.0 Å². The van der Waals surface area contributed by atoms with Crippen LogP contribution in [0, 0.1) is 22.7 Å². The molecule has 1 aliphatic carbocycles. The van der Waals surface area contributed by atoms with Crippen molar-refractivity contribution in [3.8, 4) is 23.3 Å². The van der Waals surface area contributed by atoms with Crippen LogP contribution < -0.4 is 5.73 Å². The average Bonchev–Trinajstić information content (AvgIpc) is 2.63. The van der Waals surface area contributed by atoms with Gasteiger partial charge in [0.1, 0.15) is 28.5 Å². The second-order valence-corrected chi connectivity index (χ2v) is 7.76. The molecular formula is C19H17ClN4S. The van der Waals surface area contributed by atoms with E-state index < -0.39 is 0 Å². The first kappa shape index (κ1) is 17.6. The number of anilines is 1. The highest BCUT2D eigenvalue weighted by Gasteiger charge is 2.23. The minimum atomic E-state index is 0.171. The van der Waals surface area contributed by atoms with Crippen LogP contribution in [0.1, 0.15) is 43.2 Å². The van der Waals surface area contributed by atoms with Gasteiger partial charge < -0.3 is 5.73 Å². The van der Waals surface area contributed by atoms with E-state index in [-0.39, 0.29) is 11.4 Å². The molecule has 0 atom stereocenters. The second kappa shape index (κ2) is 7.78. The van der Waals surface area contributed by atoms with Crippen molar-refractivity contribution in [2.75, 3.05) is 5.73 Å². The molecule has 1 fully saturated rings. The summed E-state index contributed by atoms with van der Waals surface area (Å²) in [6, 6.07) is 11.4. The van der Waals surface area contributed by atoms with Gasteiger partial charge in [-0.25, -0.2) is 4.98 Å². The first-order valence-corrected chi connectivity index (χ1v) is 9.46. The minimum absolute atomic E-state index is 0.171. The van der Waals surface area contributed by atoms with Crippen molar-refractivity contribution < 1.29 is 0 Å². The standard InChI is InChI=1S/C19H17ClN4S/c20-13-8-6-12(7-9-13)17-15(10-21)18(23)24-19(16(17)11-22)25-14-4-2-1-3-5-14/h6-9,14H,1-5H2,(H2,23,24).